The lowest BCUT2D eigenvalue weighted by Crippen LogP contribution is -2.37. The molecule has 2 N–H and O–H groups in total. The van der Waals surface area contributed by atoms with Crippen LogP contribution in [0.4, 0.5) is 8.78 Å². The van der Waals surface area contributed by atoms with Crippen molar-refractivity contribution in [3.05, 3.63) is 48.1 Å². The molecule has 7 nitrogen and oxygen atoms in total. The van der Waals surface area contributed by atoms with Gasteiger partial charge in [0.15, 0.2) is 0 Å². The van der Waals surface area contributed by atoms with Crippen LogP contribution in [0.25, 0.3) is 0 Å². The van der Waals surface area contributed by atoms with Gasteiger partial charge >= 0.3 is 5.97 Å². The van der Waals surface area contributed by atoms with E-state index in [4.69, 9.17) is 4.74 Å². The Balaban J connectivity index is 2.14. The molecule has 0 radical (unpaired) electrons. The maximum absolute atomic E-state index is 14.4. The van der Waals surface area contributed by atoms with E-state index in [0.717, 1.165) is 31.4 Å². The number of aromatic nitrogens is 3. The number of unbranched alkanes of at least 4 members (excludes halogenated alkanes) is 2. The predicted octanol–water partition coefficient (Wildman–Crippen LogP) is 2.57. The van der Waals surface area contributed by atoms with E-state index in [9.17, 15) is 23.8 Å². The lowest BCUT2D eigenvalue weighted by Gasteiger charge is -2.32. The second kappa shape index (κ2) is 11.0. The highest BCUT2D eigenvalue weighted by atomic mass is 19.1. The highest BCUT2D eigenvalue weighted by molar-refractivity contribution is 5.69. The van der Waals surface area contributed by atoms with E-state index in [-0.39, 0.29) is 44.1 Å². The van der Waals surface area contributed by atoms with E-state index < -0.39 is 23.2 Å². The van der Waals surface area contributed by atoms with Crippen LogP contribution < -0.4 is 0 Å². The molecule has 2 rings (SSSR count). The van der Waals surface area contributed by atoms with Crippen LogP contribution in [-0.4, -0.2) is 44.2 Å². The van der Waals surface area contributed by atoms with Crippen molar-refractivity contribution in [2.75, 3.05) is 13.2 Å². The van der Waals surface area contributed by atoms with Crippen LogP contribution in [0.15, 0.2) is 30.9 Å². The van der Waals surface area contributed by atoms with Gasteiger partial charge in [-0.15, -0.1) is 0 Å². The summed E-state index contributed by atoms with van der Waals surface area (Å²) in [7, 11) is 0. The molecule has 0 spiro atoms. The lowest BCUT2D eigenvalue weighted by molar-refractivity contribution is -0.146. The summed E-state index contributed by atoms with van der Waals surface area (Å²) in [6, 6.07) is 2.89. The maximum atomic E-state index is 14.4. The van der Waals surface area contributed by atoms with Crippen LogP contribution in [0.5, 0.6) is 0 Å². The van der Waals surface area contributed by atoms with Crippen LogP contribution in [0.2, 0.25) is 0 Å². The number of carbonyl (C=O) groups excluding carboxylic acids is 1. The van der Waals surface area contributed by atoms with Crippen LogP contribution in [0, 0.1) is 17.6 Å². The summed E-state index contributed by atoms with van der Waals surface area (Å²) < 4.78 is 34.3. The first-order valence-electron chi connectivity index (χ1n) is 9.64. The van der Waals surface area contributed by atoms with Crippen LogP contribution in [-0.2, 0) is 21.7 Å². The number of rotatable bonds is 12. The van der Waals surface area contributed by atoms with Gasteiger partial charge in [-0.3, -0.25) is 4.79 Å². The largest absolute Gasteiger partial charge is 0.465 e. The van der Waals surface area contributed by atoms with Crippen molar-refractivity contribution in [1.82, 2.24) is 14.8 Å². The molecular weight excluding hydrogens is 384 g/mol. The smallest absolute Gasteiger partial charge is 0.305 e. The molecular formula is C20H27F2N3O4. The van der Waals surface area contributed by atoms with Gasteiger partial charge in [0.2, 0.25) is 0 Å². The van der Waals surface area contributed by atoms with Crippen LogP contribution >= 0.6 is 0 Å². The Morgan fingerprint density at radius 3 is 2.76 bits per heavy atom. The summed E-state index contributed by atoms with van der Waals surface area (Å²) in [5, 5.41) is 24.9. The molecule has 9 heteroatoms. The van der Waals surface area contributed by atoms with Crippen LogP contribution in [0.1, 0.15) is 44.6 Å². The van der Waals surface area contributed by atoms with Gasteiger partial charge in [-0.25, -0.2) is 18.4 Å². The number of aliphatic hydroxyl groups is 2. The Labute approximate surface area is 168 Å². The number of ether oxygens (including phenoxy) is 1. The Morgan fingerprint density at radius 1 is 1.34 bits per heavy atom. The number of hydrogen-bond acceptors (Lipinski definition) is 6. The molecule has 0 aliphatic carbocycles. The first kappa shape index (κ1) is 22.9. The third kappa shape index (κ3) is 6.86. The molecule has 0 bridgehead atoms. The van der Waals surface area contributed by atoms with E-state index in [0.29, 0.717) is 6.07 Å². The summed E-state index contributed by atoms with van der Waals surface area (Å²) in [5.74, 6) is -2.72. The second-order valence-corrected chi connectivity index (χ2v) is 7.14. The Hall–Kier alpha value is -2.39. The Bertz CT molecular complexity index is 773. The Morgan fingerprint density at radius 2 is 2.14 bits per heavy atom. The van der Waals surface area contributed by atoms with Crippen LogP contribution in [0.3, 0.4) is 0 Å². The van der Waals surface area contributed by atoms with Gasteiger partial charge in [0, 0.05) is 30.6 Å². The lowest BCUT2D eigenvalue weighted by atomic mass is 9.84. The van der Waals surface area contributed by atoms with E-state index >= 15 is 0 Å². The fraction of sp³-hybridized carbons (Fsp3) is 0.550. The van der Waals surface area contributed by atoms with Crippen molar-refractivity contribution >= 4 is 5.97 Å². The minimum absolute atomic E-state index is 0.121. The van der Waals surface area contributed by atoms with Gasteiger partial charge < -0.3 is 14.9 Å². The van der Waals surface area contributed by atoms with Gasteiger partial charge in [0.05, 0.1) is 13.2 Å². The van der Waals surface area contributed by atoms with Gasteiger partial charge in [0.1, 0.15) is 29.9 Å². The van der Waals surface area contributed by atoms with Gasteiger partial charge in [-0.05, 0) is 18.9 Å². The van der Waals surface area contributed by atoms with Gasteiger partial charge in [-0.1, -0.05) is 25.8 Å². The number of nitrogens with zero attached hydrogens (tertiary/aromatic N) is 3. The highest BCUT2D eigenvalue weighted by Crippen LogP contribution is 2.33. The minimum Gasteiger partial charge on any atom is -0.465 e. The molecule has 0 saturated heterocycles. The molecule has 0 amide bonds. The van der Waals surface area contributed by atoms with Crippen molar-refractivity contribution < 1.29 is 28.5 Å². The molecule has 160 valence electrons. The minimum atomic E-state index is -1.83. The topological polar surface area (TPSA) is 97.5 Å². The summed E-state index contributed by atoms with van der Waals surface area (Å²) in [5.41, 5.74) is -1.96. The summed E-state index contributed by atoms with van der Waals surface area (Å²) in [6.07, 6.45) is 5.38. The van der Waals surface area contributed by atoms with E-state index in [2.05, 4.69) is 10.1 Å². The zero-order chi connectivity index (χ0) is 21.3. The molecule has 2 atom stereocenters. The molecule has 0 aliphatic heterocycles. The molecule has 0 fully saturated rings. The van der Waals surface area contributed by atoms with Crippen molar-refractivity contribution in [3.63, 3.8) is 0 Å². The third-order valence-electron chi connectivity index (χ3n) is 4.67. The average Bonchev–Trinajstić information content (AvgIpc) is 3.17. The van der Waals surface area contributed by atoms with Crippen molar-refractivity contribution in [2.45, 2.75) is 51.2 Å². The third-order valence-corrected chi connectivity index (χ3v) is 4.67. The van der Waals surface area contributed by atoms with E-state index in [1.54, 1.807) is 0 Å². The molecule has 2 aromatic rings. The Kier molecular flexibility index (Phi) is 8.66. The highest BCUT2D eigenvalue weighted by Gasteiger charge is 2.36. The van der Waals surface area contributed by atoms with Gasteiger partial charge in [0.25, 0.3) is 0 Å². The first-order valence-corrected chi connectivity index (χ1v) is 9.64. The number of carbonyl (C=O) groups is 1. The maximum Gasteiger partial charge on any atom is 0.305 e. The molecule has 0 saturated carbocycles. The van der Waals surface area contributed by atoms with Crippen molar-refractivity contribution in [3.8, 4) is 0 Å². The number of esters is 1. The number of aliphatic hydroxyl groups excluding tert-OH is 1. The quantitative estimate of drug-likeness (QED) is 0.412. The normalized spacial score (nSPS) is 14.4. The second-order valence-electron chi connectivity index (χ2n) is 7.14. The zero-order valence-electron chi connectivity index (χ0n) is 16.4. The zero-order valence-corrected chi connectivity index (χ0v) is 16.4. The molecule has 1 aromatic heterocycles. The SMILES string of the molecule is CCCCCC(=O)OC[C@H](CO)C[C@](O)(Cn1cncn1)c1ccc(F)cc1F. The van der Waals surface area contributed by atoms with Gasteiger partial charge in [-0.2, -0.15) is 5.10 Å². The summed E-state index contributed by atoms with van der Waals surface area (Å²) >= 11 is 0. The molecule has 29 heavy (non-hydrogen) atoms. The number of hydrogen-bond donors (Lipinski definition) is 2. The summed E-state index contributed by atoms with van der Waals surface area (Å²) in [6.45, 7) is 1.35. The van der Waals surface area contributed by atoms with E-state index in [1.165, 1.54) is 17.3 Å². The van der Waals surface area contributed by atoms with Crippen molar-refractivity contribution in [2.24, 2.45) is 5.92 Å². The average molecular weight is 411 g/mol. The van der Waals surface area contributed by atoms with E-state index in [1.807, 2.05) is 6.92 Å². The fourth-order valence-corrected chi connectivity index (χ4v) is 3.16. The number of benzene rings is 1. The van der Waals surface area contributed by atoms with Crippen molar-refractivity contribution in [1.29, 1.82) is 0 Å². The fourth-order valence-electron chi connectivity index (χ4n) is 3.16. The number of halogens is 2. The summed E-state index contributed by atoms with van der Waals surface area (Å²) in [4.78, 5) is 15.6. The monoisotopic (exact) mass is 411 g/mol. The molecule has 0 unspecified atom stereocenters. The molecule has 1 aromatic carbocycles. The predicted molar refractivity (Wildman–Crippen MR) is 101 cm³/mol. The molecule has 0 aliphatic rings. The standard InChI is InChI=1S/C20H27F2N3O4/c1-2-3-4-5-19(27)29-11-15(10-26)9-20(28,12-25-14-23-13-24-25)17-7-6-16(21)8-18(17)22/h6-8,13-15,26,28H,2-5,9-12H2,1H3/t15-,20-/m0/s1. The first-order chi connectivity index (χ1) is 13.9. The molecule has 1 heterocycles.